The molecule has 3 heteroatoms. The normalized spacial score (nSPS) is 12.3. The lowest BCUT2D eigenvalue weighted by molar-refractivity contribution is -0.117. The van der Waals surface area contributed by atoms with E-state index in [9.17, 15) is 4.79 Å². The Bertz CT molecular complexity index is 677. The average molecular weight is 374 g/mol. The van der Waals surface area contributed by atoms with Crippen LogP contribution in [0.5, 0.6) is 0 Å². The van der Waals surface area contributed by atoms with Crippen molar-refractivity contribution in [3.8, 4) is 0 Å². The second-order valence-electron chi connectivity index (χ2n) is 6.51. The summed E-state index contributed by atoms with van der Waals surface area (Å²) in [6.07, 6.45) is 1.07. The van der Waals surface area contributed by atoms with E-state index < -0.39 is 0 Å². The Hall–Kier alpha value is -1.61. The number of hydrogen-bond acceptors (Lipinski definition) is 1. The van der Waals surface area contributed by atoms with E-state index in [1.54, 1.807) is 0 Å². The highest BCUT2D eigenvalue weighted by molar-refractivity contribution is 9.10. The second kappa shape index (κ2) is 7.78. The third-order valence-corrected chi connectivity index (χ3v) is 4.46. The van der Waals surface area contributed by atoms with Gasteiger partial charge in [-0.05, 0) is 61.1 Å². The Morgan fingerprint density at radius 1 is 1.09 bits per heavy atom. The molecule has 122 valence electrons. The summed E-state index contributed by atoms with van der Waals surface area (Å²) in [7, 11) is 0. The Labute approximate surface area is 147 Å². The van der Waals surface area contributed by atoms with E-state index in [0.717, 1.165) is 27.7 Å². The maximum Gasteiger partial charge on any atom is 0.231 e. The zero-order chi connectivity index (χ0) is 17.0. The van der Waals surface area contributed by atoms with Gasteiger partial charge in [0.1, 0.15) is 0 Å². The van der Waals surface area contributed by atoms with Gasteiger partial charge in [0.15, 0.2) is 0 Å². The molecular weight excluding hydrogens is 350 g/mol. The number of carbonyl (C=O) groups is 1. The van der Waals surface area contributed by atoms with E-state index in [1.165, 1.54) is 5.56 Å². The van der Waals surface area contributed by atoms with Crippen molar-refractivity contribution in [2.24, 2.45) is 5.92 Å². The number of hydrogen-bond donors (Lipinski definition) is 1. The van der Waals surface area contributed by atoms with E-state index in [1.807, 2.05) is 32.0 Å². The first kappa shape index (κ1) is 17.7. The first-order valence-corrected chi connectivity index (χ1v) is 8.82. The van der Waals surface area contributed by atoms with Gasteiger partial charge >= 0.3 is 0 Å². The predicted molar refractivity (Wildman–Crippen MR) is 101 cm³/mol. The number of carbonyl (C=O) groups excluding carboxylic acids is 1. The van der Waals surface area contributed by atoms with Gasteiger partial charge in [-0.1, -0.05) is 54.0 Å². The zero-order valence-electron chi connectivity index (χ0n) is 14.2. The topological polar surface area (TPSA) is 29.1 Å². The SMILES string of the molecule is Cc1cc(Br)ccc1NC(=O)C(C)c1ccc(CC(C)C)cc1. The molecular formula is C20H24BrNO. The van der Waals surface area contributed by atoms with Crippen LogP contribution in [-0.4, -0.2) is 5.91 Å². The number of aryl methyl sites for hydroxylation is 1. The van der Waals surface area contributed by atoms with Gasteiger partial charge in [-0.25, -0.2) is 0 Å². The summed E-state index contributed by atoms with van der Waals surface area (Å²) >= 11 is 3.44. The van der Waals surface area contributed by atoms with Gasteiger partial charge in [-0.2, -0.15) is 0 Å². The summed E-state index contributed by atoms with van der Waals surface area (Å²) in [6.45, 7) is 8.36. The number of benzene rings is 2. The molecule has 0 saturated heterocycles. The summed E-state index contributed by atoms with van der Waals surface area (Å²) in [4.78, 5) is 12.5. The van der Waals surface area contributed by atoms with E-state index in [4.69, 9.17) is 0 Å². The minimum Gasteiger partial charge on any atom is -0.325 e. The molecule has 2 aromatic carbocycles. The molecule has 23 heavy (non-hydrogen) atoms. The van der Waals surface area contributed by atoms with E-state index in [0.29, 0.717) is 5.92 Å². The van der Waals surface area contributed by atoms with Crippen molar-refractivity contribution in [2.75, 3.05) is 5.32 Å². The standard InChI is InChI=1S/C20H24BrNO/c1-13(2)11-16-5-7-17(8-6-16)15(4)20(23)22-19-10-9-18(21)12-14(19)3/h5-10,12-13,15H,11H2,1-4H3,(H,22,23). The fourth-order valence-electron chi connectivity index (χ4n) is 2.57. The fraction of sp³-hybridized carbons (Fsp3) is 0.350. The summed E-state index contributed by atoms with van der Waals surface area (Å²) in [6, 6.07) is 14.3. The first-order valence-electron chi connectivity index (χ1n) is 8.02. The van der Waals surface area contributed by atoms with Crippen molar-refractivity contribution in [1.82, 2.24) is 0 Å². The number of rotatable bonds is 5. The minimum absolute atomic E-state index is 0.0204. The average Bonchev–Trinajstić information content (AvgIpc) is 2.49. The maximum atomic E-state index is 12.5. The molecule has 0 aromatic heterocycles. The summed E-state index contributed by atoms with van der Waals surface area (Å²) < 4.78 is 1.02. The van der Waals surface area contributed by atoms with Crippen molar-refractivity contribution >= 4 is 27.5 Å². The molecule has 2 rings (SSSR count). The van der Waals surface area contributed by atoms with Gasteiger partial charge in [0.2, 0.25) is 5.91 Å². The maximum absolute atomic E-state index is 12.5. The number of nitrogens with one attached hydrogen (secondary N) is 1. The van der Waals surface area contributed by atoms with E-state index >= 15 is 0 Å². The van der Waals surface area contributed by atoms with Crippen molar-refractivity contribution in [3.05, 3.63) is 63.6 Å². The molecule has 1 atom stereocenters. The number of amides is 1. The second-order valence-corrected chi connectivity index (χ2v) is 7.43. The van der Waals surface area contributed by atoms with Crippen LogP contribution in [0.25, 0.3) is 0 Å². The number of anilines is 1. The molecule has 0 aliphatic rings. The molecule has 0 saturated carbocycles. The molecule has 0 fully saturated rings. The Morgan fingerprint density at radius 2 is 1.74 bits per heavy atom. The Kier molecular flexibility index (Phi) is 6.00. The fourth-order valence-corrected chi connectivity index (χ4v) is 3.05. The van der Waals surface area contributed by atoms with Crippen molar-refractivity contribution in [2.45, 2.75) is 40.0 Å². The molecule has 1 N–H and O–H groups in total. The van der Waals surface area contributed by atoms with Gasteiger partial charge in [0.25, 0.3) is 0 Å². The van der Waals surface area contributed by atoms with Gasteiger partial charge in [0.05, 0.1) is 5.92 Å². The van der Waals surface area contributed by atoms with Crippen LogP contribution >= 0.6 is 15.9 Å². The molecule has 0 bridgehead atoms. The molecule has 0 radical (unpaired) electrons. The van der Waals surface area contributed by atoms with E-state index in [-0.39, 0.29) is 11.8 Å². The van der Waals surface area contributed by atoms with Crippen molar-refractivity contribution in [3.63, 3.8) is 0 Å². The lowest BCUT2D eigenvalue weighted by Crippen LogP contribution is -2.19. The smallest absolute Gasteiger partial charge is 0.231 e. The van der Waals surface area contributed by atoms with E-state index in [2.05, 4.69) is 59.4 Å². The minimum atomic E-state index is -0.175. The van der Waals surface area contributed by atoms with Crippen LogP contribution in [0.4, 0.5) is 5.69 Å². The molecule has 0 aliphatic heterocycles. The zero-order valence-corrected chi connectivity index (χ0v) is 15.8. The highest BCUT2D eigenvalue weighted by atomic mass is 79.9. The molecule has 2 aromatic rings. The quantitative estimate of drug-likeness (QED) is 0.715. The molecule has 0 spiro atoms. The van der Waals surface area contributed by atoms with Crippen molar-refractivity contribution < 1.29 is 4.79 Å². The molecule has 0 heterocycles. The van der Waals surface area contributed by atoms with Crippen LogP contribution < -0.4 is 5.32 Å². The predicted octanol–water partition coefficient (Wildman–Crippen LogP) is 5.70. The summed E-state index contributed by atoms with van der Waals surface area (Å²) in [5.41, 5.74) is 4.28. The third-order valence-electron chi connectivity index (χ3n) is 3.96. The molecule has 2 nitrogen and oxygen atoms in total. The van der Waals surface area contributed by atoms with Crippen LogP contribution in [0.1, 0.15) is 43.4 Å². The largest absolute Gasteiger partial charge is 0.325 e. The van der Waals surface area contributed by atoms with Gasteiger partial charge in [-0.3, -0.25) is 4.79 Å². The van der Waals surface area contributed by atoms with Crippen LogP contribution in [-0.2, 0) is 11.2 Å². The van der Waals surface area contributed by atoms with Crippen LogP contribution in [0.15, 0.2) is 46.9 Å². The van der Waals surface area contributed by atoms with Gasteiger partial charge in [0, 0.05) is 10.2 Å². The Balaban J connectivity index is 2.07. The molecule has 0 aliphatic carbocycles. The number of halogens is 1. The third kappa shape index (κ3) is 4.93. The van der Waals surface area contributed by atoms with Crippen LogP contribution in [0.2, 0.25) is 0 Å². The van der Waals surface area contributed by atoms with Crippen LogP contribution in [0, 0.1) is 12.8 Å². The van der Waals surface area contributed by atoms with Gasteiger partial charge < -0.3 is 5.32 Å². The monoisotopic (exact) mass is 373 g/mol. The highest BCUT2D eigenvalue weighted by Gasteiger charge is 2.16. The molecule has 1 amide bonds. The summed E-state index contributed by atoms with van der Waals surface area (Å²) in [5, 5.41) is 3.02. The van der Waals surface area contributed by atoms with Crippen molar-refractivity contribution in [1.29, 1.82) is 0 Å². The van der Waals surface area contributed by atoms with Gasteiger partial charge in [-0.15, -0.1) is 0 Å². The Morgan fingerprint density at radius 3 is 2.30 bits per heavy atom. The lowest BCUT2D eigenvalue weighted by atomic mass is 9.96. The van der Waals surface area contributed by atoms with Crippen LogP contribution in [0.3, 0.4) is 0 Å². The first-order chi connectivity index (χ1) is 10.9. The summed E-state index contributed by atoms with van der Waals surface area (Å²) in [5.74, 6) is 0.486. The lowest BCUT2D eigenvalue weighted by Gasteiger charge is -2.15. The molecule has 1 unspecified atom stereocenters. The highest BCUT2D eigenvalue weighted by Crippen LogP contribution is 2.23.